The quantitative estimate of drug-likeness (QED) is 0.504. The average Bonchev–Trinajstić information content (AvgIpc) is 2.18. The summed E-state index contributed by atoms with van der Waals surface area (Å²) in [6.45, 7) is 3.31. The van der Waals surface area contributed by atoms with Gasteiger partial charge in [0, 0.05) is 11.6 Å². The van der Waals surface area contributed by atoms with Crippen molar-refractivity contribution >= 4 is 5.69 Å². The zero-order valence-electron chi connectivity index (χ0n) is 10.8. The van der Waals surface area contributed by atoms with Crippen molar-refractivity contribution < 1.29 is 10.4 Å². The van der Waals surface area contributed by atoms with Crippen molar-refractivity contribution in [1.29, 1.82) is 0 Å². The van der Waals surface area contributed by atoms with Crippen molar-refractivity contribution in [2.24, 2.45) is 0 Å². The molecular formula is C9H11NO2. The summed E-state index contributed by atoms with van der Waals surface area (Å²) in [5.41, 5.74) is -0.475. The van der Waals surface area contributed by atoms with Gasteiger partial charge in [-0.15, -0.1) is 0 Å². The molecule has 0 N–H and O–H groups in total. The maximum absolute atomic E-state index is 10.8. The molecule has 0 bridgehead atoms. The van der Waals surface area contributed by atoms with Crippen LogP contribution < -0.4 is 0 Å². The van der Waals surface area contributed by atoms with E-state index >= 15 is 0 Å². The number of nitro benzene ring substituents is 1. The Kier molecular flexibility index (Phi) is 1.28. The van der Waals surface area contributed by atoms with Gasteiger partial charge in [-0.05, 0) is 5.92 Å². The molecular weight excluding hydrogens is 154 g/mol. The molecule has 0 spiro atoms. The van der Waals surface area contributed by atoms with Crippen LogP contribution in [0.1, 0.15) is 30.8 Å². The molecule has 1 rings (SSSR count). The summed E-state index contributed by atoms with van der Waals surface area (Å²) < 4.78 is 29.9. The molecule has 0 unspecified atom stereocenters. The first-order valence-electron chi connectivity index (χ1n) is 5.53. The van der Waals surface area contributed by atoms with E-state index in [0.29, 0.717) is 0 Å². The highest BCUT2D eigenvalue weighted by atomic mass is 16.6. The molecule has 3 heteroatoms. The van der Waals surface area contributed by atoms with E-state index < -0.39 is 28.7 Å². The molecule has 0 heterocycles. The summed E-state index contributed by atoms with van der Waals surface area (Å²) in [6.07, 6.45) is 0. The van der Waals surface area contributed by atoms with Gasteiger partial charge in [0.05, 0.1) is 10.4 Å². The number of nitro groups is 1. The minimum absolute atomic E-state index is 0.0519. The molecule has 0 amide bonds. The predicted molar refractivity (Wildman–Crippen MR) is 47.2 cm³/mol. The number of para-hydroxylation sites is 1. The van der Waals surface area contributed by atoms with Gasteiger partial charge in [-0.25, -0.2) is 0 Å². The third kappa shape index (κ3) is 1.61. The fourth-order valence-electron chi connectivity index (χ4n) is 0.877. The van der Waals surface area contributed by atoms with Crippen LogP contribution in [0.3, 0.4) is 0 Å². The van der Waals surface area contributed by atoms with Gasteiger partial charge in [0.2, 0.25) is 0 Å². The van der Waals surface area contributed by atoms with Crippen molar-refractivity contribution in [3.8, 4) is 0 Å². The molecule has 0 aliphatic carbocycles. The van der Waals surface area contributed by atoms with Crippen LogP contribution in [0.2, 0.25) is 0 Å². The Morgan fingerprint density at radius 1 is 1.50 bits per heavy atom. The second-order valence-electron chi connectivity index (χ2n) is 2.67. The van der Waals surface area contributed by atoms with Crippen LogP contribution in [0.15, 0.2) is 24.2 Å². The molecule has 0 saturated heterocycles. The highest BCUT2D eigenvalue weighted by Gasteiger charge is 2.13. The maximum atomic E-state index is 10.8. The summed E-state index contributed by atoms with van der Waals surface area (Å²) in [5.74, 6) is -0.332. The molecule has 0 fully saturated rings. The second-order valence-corrected chi connectivity index (χ2v) is 2.67. The highest BCUT2D eigenvalue weighted by Crippen LogP contribution is 2.24. The Morgan fingerprint density at radius 2 is 2.08 bits per heavy atom. The van der Waals surface area contributed by atoms with Crippen molar-refractivity contribution in [3.63, 3.8) is 0 Å². The lowest BCUT2D eigenvalue weighted by Gasteiger charge is -2.04. The van der Waals surface area contributed by atoms with E-state index in [-0.39, 0.29) is 17.5 Å². The van der Waals surface area contributed by atoms with E-state index in [4.69, 9.17) is 5.48 Å². The molecule has 0 aliphatic heterocycles. The maximum Gasteiger partial charge on any atom is 0.272 e. The molecule has 0 radical (unpaired) electrons. The van der Waals surface area contributed by atoms with E-state index in [9.17, 15) is 10.1 Å². The lowest BCUT2D eigenvalue weighted by atomic mass is 10.0. The van der Waals surface area contributed by atoms with Crippen LogP contribution in [0.4, 0.5) is 5.69 Å². The van der Waals surface area contributed by atoms with Crippen LogP contribution in [0.5, 0.6) is 0 Å². The zero-order chi connectivity index (χ0) is 12.6. The third-order valence-corrected chi connectivity index (χ3v) is 1.46. The highest BCUT2D eigenvalue weighted by molar-refractivity contribution is 5.41. The van der Waals surface area contributed by atoms with E-state index in [0.717, 1.165) is 0 Å². The molecule has 0 aliphatic rings. The minimum atomic E-state index is -0.757. The van der Waals surface area contributed by atoms with Gasteiger partial charge in [-0.3, -0.25) is 10.1 Å². The number of hydrogen-bond acceptors (Lipinski definition) is 2. The lowest BCUT2D eigenvalue weighted by molar-refractivity contribution is -0.385. The lowest BCUT2D eigenvalue weighted by Crippen LogP contribution is -1.96. The van der Waals surface area contributed by atoms with E-state index in [1.54, 1.807) is 13.8 Å². The molecule has 0 aromatic heterocycles. The monoisotopic (exact) mass is 169 g/mol. The molecule has 0 atom stereocenters. The molecule has 64 valence electrons. The zero-order valence-corrected chi connectivity index (χ0v) is 6.84. The van der Waals surface area contributed by atoms with E-state index in [1.807, 2.05) is 0 Å². The smallest absolute Gasteiger partial charge is 0.258 e. The number of hydrogen-bond donors (Lipinski definition) is 0. The molecule has 0 saturated carbocycles. The topological polar surface area (TPSA) is 43.1 Å². The number of nitrogens with zero attached hydrogens (tertiary/aromatic N) is 1. The van der Waals surface area contributed by atoms with Gasteiger partial charge in [0.25, 0.3) is 5.69 Å². The van der Waals surface area contributed by atoms with Crippen molar-refractivity contribution in [3.05, 3.63) is 39.8 Å². The Hall–Kier alpha value is -1.38. The number of rotatable bonds is 2. The van der Waals surface area contributed by atoms with Gasteiger partial charge in [0.15, 0.2) is 0 Å². The summed E-state index contributed by atoms with van der Waals surface area (Å²) in [7, 11) is 0. The van der Waals surface area contributed by atoms with Crippen molar-refractivity contribution in [2.45, 2.75) is 19.8 Å². The van der Waals surface area contributed by atoms with Gasteiger partial charge >= 0.3 is 0 Å². The molecule has 1 aromatic rings. The van der Waals surface area contributed by atoms with Crippen molar-refractivity contribution in [2.75, 3.05) is 0 Å². The van der Waals surface area contributed by atoms with Crippen molar-refractivity contribution in [1.82, 2.24) is 0 Å². The average molecular weight is 169 g/mol. The first-order chi connectivity index (χ1) is 7.29. The van der Waals surface area contributed by atoms with Crippen LogP contribution in [0.25, 0.3) is 0 Å². The van der Waals surface area contributed by atoms with Gasteiger partial charge < -0.3 is 0 Å². The Bertz CT molecular complexity index is 460. The van der Waals surface area contributed by atoms with Crippen LogP contribution in [-0.2, 0) is 0 Å². The molecule has 1 aromatic carbocycles. The summed E-state index contributed by atoms with van der Waals surface area (Å²) in [5, 5.41) is 10.8. The number of benzene rings is 1. The first kappa shape index (κ1) is 4.60. The van der Waals surface area contributed by atoms with Crippen LogP contribution >= 0.6 is 0 Å². The standard InChI is InChI=1S/C9H11NO2/c1-7(2)8-5-3-4-6-9(8)10(11)12/h3-7H,1-2H3/i3D,4D,5D,6D. The molecule has 3 nitrogen and oxygen atoms in total. The van der Waals surface area contributed by atoms with Gasteiger partial charge in [-0.2, -0.15) is 0 Å². The predicted octanol–water partition coefficient (Wildman–Crippen LogP) is 2.72. The Labute approximate surface area is 76.8 Å². The Balaban J connectivity index is 3.76. The normalized spacial score (nSPS) is 14.9. The summed E-state index contributed by atoms with van der Waals surface area (Å²) in [6, 6.07) is -1.92. The van der Waals surface area contributed by atoms with Crippen LogP contribution in [-0.4, -0.2) is 4.92 Å². The van der Waals surface area contributed by atoms with Gasteiger partial charge in [-0.1, -0.05) is 32.0 Å². The summed E-state index contributed by atoms with van der Waals surface area (Å²) in [4.78, 5) is 10.1. The molecule has 12 heavy (non-hydrogen) atoms. The summed E-state index contributed by atoms with van der Waals surface area (Å²) >= 11 is 0. The van der Waals surface area contributed by atoms with E-state index in [1.165, 1.54) is 0 Å². The second kappa shape index (κ2) is 3.34. The largest absolute Gasteiger partial charge is 0.272 e. The van der Waals surface area contributed by atoms with Crippen LogP contribution in [0, 0.1) is 10.1 Å². The van der Waals surface area contributed by atoms with E-state index in [2.05, 4.69) is 0 Å². The van der Waals surface area contributed by atoms with Gasteiger partial charge in [0.1, 0.15) is 0 Å². The minimum Gasteiger partial charge on any atom is -0.258 e. The fourth-order valence-corrected chi connectivity index (χ4v) is 0.877. The Morgan fingerprint density at radius 3 is 2.58 bits per heavy atom. The third-order valence-electron chi connectivity index (χ3n) is 1.46. The fraction of sp³-hybridized carbons (Fsp3) is 0.333. The SMILES string of the molecule is [2H]c1c([2H])c([2H])c([N+](=O)[O-])c(C(C)C)c1[2H]. The first-order valence-corrected chi connectivity index (χ1v) is 3.53.